The molecule has 3 heteroatoms. The van der Waals surface area contributed by atoms with Gasteiger partial charge >= 0.3 is 0 Å². The zero-order chi connectivity index (χ0) is 11.2. The highest BCUT2D eigenvalue weighted by atomic mass is 16.5. The predicted molar refractivity (Wildman–Crippen MR) is 64.1 cm³/mol. The van der Waals surface area contributed by atoms with Crippen LogP contribution in [-0.4, -0.2) is 11.7 Å². The molecule has 0 bridgehead atoms. The van der Waals surface area contributed by atoms with Crippen molar-refractivity contribution in [2.45, 2.75) is 52.0 Å². The number of nitrogens with one attached hydrogen (secondary N) is 1. The van der Waals surface area contributed by atoms with Crippen LogP contribution >= 0.6 is 0 Å². The summed E-state index contributed by atoms with van der Waals surface area (Å²) in [5.74, 6) is 1.90. The van der Waals surface area contributed by atoms with Crippen LogP contribution in [0.5, 0.6) is 0 Å². The van der Waals surface area contributed by atoms with E-state index in [0.717, 1.165) is 30.5 Å². The zero-order valence-corrected chi connectivity index (χ0v) is 10.2. The number of rotatable bonds is 5. The summed E-state index contributed by atoms with van der Waals surface area (Å²) in [7, 11) is 0. The molecule has 0 saturated heterocycles. The Morgan fingerprint density at radius 1 is 1.38 bits per heavy atom. The SMILES string of the molecule is Cc1cc(CNCCC2CCCCC2)on1. The lowest BCUT2D eigenvalue weighted by Crippen LogP contribution is -2.18. The van der Waals surface area contributed by atoms with Crippen LogP contribution in [0, 0.1) is 12.8 Å². The summed E-state index contributed by atoms with van der Waals surface area (Å²) in [6.07, 6.45) is 8.50. The Morgan fingerprint density at radius 3 is 2.88 bits per heavy atom. The molecule has 0 radical (unpaired) electrons. The molecule has 1 aliphatic rings. The quantitative estimate of drug-likeness (QED) is 0.778. The molecular formula is C13H22N2O. The van der Waals surface area contributed by atoms with Gasteiger partial charge in [-0.15, -0.1) is 0 Å². The van der Waals surface area contributed by atoms with Gasteiger partial charge in [0.05, 0.1) is 12.2 Å². The standard InChI is InChI=1S/C13H22N2O/c1-11-9-13(16-15-11)10-14-8-7-12-5-3-2-4-6-12/h9,12,14H,2-8,10H2,1H3. The van der Waals surface area contributed by atoms with Gasteiger partial charge in [0, 0.05) is 6.07 Å². The molecular weight excluding hydrogens is 200 g/mol. The van der Waals surface area contributed by atoms with Crippen molar-refractivity contribution in [3.8, 4) is 0 Å². The van der Waals surface area contributed by atoms with E-state index in [4.69, 9.17) is 4.52 Å². The molecule has 90 valence electrons. The summed E-state index contributed by atoms with van der Waals surface area (Å²) in [4.78, 5) is 0. The van der Waals surface area contributed by atoms with E-state index in [-0.39, 0.29) is 0 Å². The number of nitrogens with zero attached hydrogens (tertiary/aromatic N) is 1. The minimum absolute atomic E-state index is 0.813. The van der Waals surface area contributed by atoms with Crippen LogP contribution in [0.1, 0.15) is 50.0 Å². The first-order chi connectivity index (χ1) is 7.84. The minimum Gasteiger partial charge on any atom is -0.360 e. The van der Waals surface area contributed by atoms with Crippen molar-refractivity contribution in [3.63, 3.8) is 0 Å². The number of aromatic nitrogens is 1. The molecule has 0 amide bonds. The lowest BCUT2D eigenvalue weighted by molar-refractivity contribution is 0.326. The highest BCUT2D eigenvalue weighted by Crippen LogP contribution is 2.25. The van der Waals surface area contributed by atoms with E-state index >= 15 is 0 Å². The maximum Gasteiger partial charge on any atom is 0.150 e. The van der Waals surface area contributed by atoms with Crippen LogP contribution in [0.3, 0.4) is 0 Å². The number of hydrogen-bond donors (Lipinski definition) is 1. The van der Waals surface area contributed by atoms with Crippen molar-refractivity contribution in [1.29, 1.82) is 0 Å². The van der Waals surface area contributed by atoms with Crippen molar-refractivity contribution in [3.05, 3.63) is 17.5 Å². The number of aryl methyl sites for hydroxylation is 1. The molecule has 16 heavy (non-hydrogen) atoms. The summed E-state index contributed by atoms with van der Waals surface area (Å²) in [5.41, 5.74) is 0.962. The highest BCUT2D eigenvalue weighted by molar-refractivity contribution is 5.02. The fourth-order valence-corrected chi connectivity index (χ4v) is 2.49. The van der Waals surface area contributed by atoms with E-state index in [1.54, 1.807) is 0 Å². The third-order valence-corrected chi connectivity index (χ3v) is 3.43. The van der Waals surface area contributed by atoms with Crippen molar-refractivity contribution in [2.24, 2.45) is 5.92 Å². The average Bonchev–Trinajstić information content (AvgIpc) is 2.72. The van der Waals surface area contributed by atoms with Crippen LogP contribution in [0.25, 0.3) is 0 Å². The summed E-state index contributed by atoms with van der Waals surface area (Å²) < 4.78 is 5.14. The van der Waals surface area contributed by atoms with Gasteiger partial charge in [0.2, 0.25) is 0 Å². The molecule has 1 fully saturated rings. The first-order valence-electron chi connectivity index (χ1n) is 6.47. The summed E-state index contributed by atoms with van der Waals surface area (Å²) in [6.45, 7) is 3.87. The van der Waals surface area contributed by atoms with Crippen molar-refractivity contribution in [2.75, 3.05) is 6.54 Å². The van der Waals surface area contributed by atoms with Crippen LogP contribution in [-0.2, 0) is 6.54 Å². The Hall–Kier alpha value is -0.830. The Morgan fingerprint density at radius 2 is 2.19 bits per heavy atom. The fourth-order valence-electron chi connectivity index (χ4n) is 2.49. The van der Waals surface area contributed by atoms with Gasteiger partial charge in [-0.05, 0) is 25.8 Å². The summed E-state index contributed by atoms with van der Waals surface area (Å²) in [6, 6.07) is 1.99. The second-order valence-electron chi connectivity index (χ2n) is 4.90. The van der Waals surface area contributed by atoms with Gasteiger partial charge in [-0.2, -0.15) is 0 Å². The van der Waals surface area contributed by atoms with Gasteiger partial charge in [0.15, 0.2) is 5.76 Å². The zero-order valence-electron chi connectivity index (χ0n) is 10.2. The maximum atomic E-state index is 5.14. The number of hydrogen-bond acceptors (Lipinski definition) is 3. The largest absolute Gasteiger partial charge is 0.360 e. The predicted octanol–water partition coefficient (Wildman–Crippen LogP) is 3.04. The first-order valence-corrected chi connectivity index (χ1v) is 6.47. The monoisotopic (exact) mass is 222 g/mol. The Bertz CT molecular complexity index is 303. The van der Waals surface area contributed by atoms with Gasteiger partial charge in [0.1, 0.15) is 0 Å². The molecule has 1 N–H and O–H groups in total. The Labute approximate surface area is 97.6 Å². The van der Waals surface area contributed by atoms with Crippen LogP contribution < -0.4 is 5.32 Å². The summed E-state index contributed by atoms with van der Waals surface area (Å²) in [5, 5.41) is 7.30. The molecule has 0 aliphatic heterocycles. The second kappa shape index (κ2) is 6.04. The van der Waals surface area contributed by atoms with Crippen LogP contribution in [0.15, 0.2) is 10.6 Å². The Balaban J connectivity index is 1.57. The van der Waals surface area contributed by atoms with E-state index in [2.05, 4.69) is 10.5 Å². The van der Waals surface area contributed by atoms with Crippen LogP contribution in [0.4, 0.5) is 0 Å². The minimum atomic E-state index is 0.813. The maximum absolute atomic E-state index is 5.14. The van der Waals surface area contributed by atoms with E-state index in [1.165, 1.54) is 38.5 Å². The Kier molecular flexibility index (Phi) is 4.40. The average molecular weight is 222 g/mol. The lowest BCUT2D eigenvalue weighted by atomic mass is 9.87. The highest BCUT2D eigenvalue weighted by Gasteiger charge is 2.12. The molecule has 0 unspecified atom stereocenters. The first kappa shape index (κ1) is 11.6. The van der Waals surface area contributed by atoms with Crippen molar-refractivity contribution in [1.82, 2.24) is 10.5 Å². The molecule has 0 spiro atoms. The van der Waals surface area contributed by atoms with E-state index in [1.807, 2.05) is 13.0 Å². The smallest absolute Gasteiger partial charge is 0.150 e. The molecule has 3 nitrogen and oxygen atoms in total. The molecule has 1 aromatic rings. The van der Waals surface area contributed by atoms with Gasteiger partial charge < -0.3 is 9.84 Å². The molecule has 1 aliphatic carbocycles. The molecule has 1 aromatic heterocycles. The normalized spacial score (nSPS) is 17.8. The fraction of sp³-hybridized carbons (Fsp3) is 0.769. The van der Waals surface area contributed by atoms with Crippen LogP contribution in [0.2, 0.25) is 0 Å². The molecule has 2 rings (SSSR count). The molecule has 1 saturated carbocycles. The van der Waals surface area contributed by atoms with Gasteiger partial charge in [-0.25, -0.2) is 0 Å². The van der Waals surface area contributed by atoms with Crippen molar-refractivity contribution < 1.29 is 4.52 Å². The van der Waals surface area contributed by atoms with E-state index < -0.39 is 0 Å². The lowest BCUT2D eigenvalue weighted by Gasteiger charge is -2.21. The molecule has 0 aromatic carbocycles. The third-order valence-electron chi connectivity index (χ3n) is 3.43. The third kappa shape index (κ3) is 3.63. The summed E-state index contributed by atoms with van der Waals surface area (Å²) >= 11 is 0. The van der Waals surface area contributed by atoms with Gasteiger partial charge in [0.25, 0.3) is 0 Å². The van der Waals surface area contributed by atoms with Crippen molar-refractivity contribution >= 4 is 0 Å². The van der Waals surface area contributed by atoms with Gasteiger partial charge in [-0.1, -0.05) is 37.3 Å². The van der Waals surface area contributed by atoms with E-state index in [0.29, 0.717) is 0 Å². The molecule has 0 atom stereocenters. The topological polar surface area (TPSA) is 38.1 Å². The second-order valence-corrected chi connectivity index (χ2v) is 4.90. The molecule has 1 heterocycles. The van der Waals surface area contributed by atoms with E-state index in [9.17, 15) is 0 Å². The van der Waals surface area contributed by atoms with Gasteiger partial charge in [-0.3, -0.25) is 0 Å².